The quantitative estimate of drug-likeness (QED) is 0.575. The van der Waals surface area contributed by atoms with E-state index in [1.165, 1.54) is 21.1 Å². The van der Waals surface area contributed by atoms with E-state index in [9.17, 15) is 9.59 Å². The summed E-state index contributed by atoms with van der Waals surface area (Å²) in [5.74, 6) is 0.516. The Morgan fingerprint density at radius 3 is 2.35 bits per heavy atom. The first-order valence-electron chi connectivity index (χ1n) is 4.95. The lowest BCUT2D eigenvalue weighted by molar-refractivity contribution is -0.142. The van der Waals surface area contributed by atoms with Crippen LogP contribution < -0.4 is 9.47 Å². The lowest BCUT2D eigenvalue weighted by Gasteiger charge is -2.12. The summed E-state index contributed by atoms with van der Waals surface area (Å²) >= 11 is 0. The van der Waals surface area contributed by atoms with E-state index in [0.29, 0.717) is 28.9 Å². The molecule has 1 aromatic rings. The minimum absolute atomic E-state index is 0.0774. The number of esters is 1. The molecule has 0 aliphatic carbocycles. The van der Waals surface area contributed by atoms with Crippen LogP contribution in [-0.2, 0) is 16.1 Å². The van der Waals surface area contributed by atoms with Crippen LogP contribution in [0, 0.1) is 0 Å². The van der Waals surface area contributed by atoms with Crippen molar-refractivity contribution in [2.75, 3.05) is 14.2 Å². The molecule has 92 valence electrons. The van der Waals surface area contributed by atoms with Gasteiger partial charge in [0.15, 0.2) is 6.29 Å². The van der Waals surface area contributed by atoms with Gasteiger partial charge in [-0.2, -0.15) is 0 Å². The Morgan fingerprint density at radius 1 is 1.24 bits per heavy atom. The molecule has 1 rings (SSSR count). The summed E-state index contributed by atoms with van der Waals surface area (Å²) in [7, 11) is 2.94. The van der Waals surface area contributed by atoms with Gasteiger partial charge in [-0.1, -0.05) is 0 Å². The Bertz CT molecular complexity index is 425. The molecule has 17 heavy (non-hydrogen) atoms. The first kappa shape index (κ1) is 13.0. The van der Waals surface area contributed by atoms with Crippen molar-refractivity contribution in [3.05, 3.63) is 23.3 Å². The SMILES string of the molecule is COc1cc(COC(C)=O)c(OC)cc1C=O. The number of carbonyl (C=O) groups is 2. The Labute approximate surface area is 99.3 Å². The van der Waals surface area contributed by atoms with Gasteiger partial charge < -0.3 is 14.2 Å². The molecule has 0 bridgehead atoms. The number of methoxy groups -OCH3 is 2. The summed E-state index contributed by atoms with van der Waals surface area (Å²) in [5, 5.41) is 0. The molecule has 0 unspecified atom stereocenters. The van der Waals surface area contributed by atoms with E-state index < -0.39 is 0 Å². The van der Waals surface area contributed by atoms with Crippen molar-refractivity contribution in [1.82, 2.24) is 0 Å². The first-order chi connectivity index (χ1) is 8.12. The average Bonchev–Trinajstić information content (AvgIpc) is 2.34. The van der Waals surface area contributed by atoms with E-state index in [4.69, 9.17) is 14.2 Å². The largest absolute Gasteiger partial charge is 0.496 e. The van der Waals surface area contributed by atoms with Crippen molar-refractivity contribution in [3.63, 3.8) is 0 Å². The van der Waals surface area contributed by atoms with Gasteiger partial charge in [0.05, 0.1) is 19.8 Å². The van der Waals surface area contributed by atoms with Gasteiger partial charge >= 0.3 is 5.97 Å². The second kappa shape index (κ2) is 5.89. The van der Waals surface area contributed by atoms with Gasteiger partial charge in [-0.25, -0.2) is 0 Å². The minimum Gasteiger partial charge on any atom is -0.496 e. The van der Waals surface area contributed by atoms with E-state index in [1.807, 2.05) is 0 Å². The van der Waals surface area contributed by atoms with Gasteiger partial charge in [0.1, 0.15) is 18.1 Å². The lowest BCUT2D eigenvalue weighted by Crippen LogP contribution is -2.02. The molecule has 0 heterocycles. The van der Waals surface area contributed by atoms with E-state index >= 15 is 0 Å². The summed E-state index contributed by atoms with van der Waals surface area (Å²) < 4.78 is 15.1. The second-order valence-electron chi connectivity index (χ2n) is 3.30. The van der Waals surface area contributed by atoms with Crippen molar-refractivity contribution in [2.24, 2.45) is 0 Å². The van der Waals surface area contributed by atoms with Gasteiger partial charge in [-0.05, 0) is 12.1 Å². The van der Waals surface area contributed by atoms with Crippen molar-refractivity contribution in [3.8, 4) is 11.5 Å². The number of aldehydes is 1. The lowest BCUT2D eigenvalue weighted by atomic mass is 10.1. The standard InChI is InChI=1S/C12H14O5/c1-8(14)17-7-10-5-11(15-2)9(6-13)4-12(10)16-3/h4-6H,7H2,1-3H3. The molecule has 0 amide bonds. The van der Waals surface area contributed by atoms with Crippen LogP contribution in [0.25, 0.3) is 0 Å². The second-order valence-corrected chi connectivity index (χ2v) is 3.30. The summed E-state index contributed by atoms with van der Waals surface area (Å²) in [4.78, 5) is 21.6. The van der Waals surface area contributed by atoms with Crippen molar-refractivity contribution in [2.45, 2.75) is 13.5 Å². The zero-order valence-corrected chi connectivity index (χ0v) is 9.98. The third-order valence-corrected chi connectivity index (χ3v) is 2.19. The van der Waals surface area contributed by atoms with Gasteiger partial charge in [0.25, 0.3) is 0 Å². The first-order valence-corrected chi connectivity index (χ1v) is 4.95. The number of carbonyl (C=O) groups excluding carboxylic acids is 2. The van der Waals surface area contributed by atoms with Crippen LogP contribution in [0.4, 0.5) is 0 Å². The molecule has 0 N–H and O–H groups in total. The summed E-state index contributed by atoms with van der Waals surface area (Å²) in [6.07, 6.45) is 0.678. The number of rotatable bonds is 5. The smallest absolute Gasteiger partial charge is 0.302 e. The fraction of sp³-hybridized carbons (Fsp3) is 0.333. The highest BCUT2D eigenvalue weighted by Gasteiger charge is 2.11. The molecule has 0 atom stereocenters. The highest BCUT2D eigenvalue weighted by atomic mass is 16.5. The van der Waals surface area contributed by atoms with Crippen LogP contribution >= 0.6 is 0 Å². The summed E-state index contributed by atoms with van der Waals surface area (Å²) in [6, 6.07) is 3.16. The van der Waals surface area contributed by atoms with Crippen LogP contribution in [0.15, 0.2) is 12.1 Å². The zero-order valence-electron chi connectivity index (χ0n) is 9.98. The maximum absolute atomic E-state index is 10.8. The van der Waals surface area contributed by atoms with Crippen molar-refractivity contribution < 1.29 is 23.8 Å². The number of benzene rings is 1. The number of ether oxygens (including phenoxy) is 3. The van der Waals surface area contributed by atoms with E-state index in [0.717, 1.165) is 0 Å². The van der Waals surface area contributed by atoms with Crippen molar-refractivity contribution in [1.29, 1.82) is 0 Å². The molecule has 5 heteroatoms. The van der Waals surface area contributed by atoms with Crippen LogP contribution in [0.1, 0.15) is 22.8 Å². The molecule has 5 nitrogen and oxygen atoms in total. The fourth-order valence-electron chi connectivity index (χ4n) is 1.37. The van der Waals surface area contributed by atoms with Gasteiger partial charge in [-0.3, -0.25) is 9.59 Å². The van der Waals surface area contributed by atoms with Crippen LogP contribution in [-0.4, -0.2) is 26.5 Å². The summed E-state index contributed by atoms with van der Waals surface area (Å²) in [5.41, 5.74) is 1.03. The van der Waals surface area contributed by atoms with Crippen LogP contribution in [0.2, 0.25) is 0 Å². The topological polar surface area (TPSA) is 61.8 Å². The summed E-state index contributed by atoms with van der Waals surface area (Å²) in [6.45, 7) is 1.40. The normalized spacial score (nSPS) is 9.59. The maximum Gasteiger partial charge on any atom is 0.302 e. The molecule has 0 fully saturated rings. The Balaban J connectivity index is 3.09. The Hall–Kier alpha value is -2.04. The van der Waals surface area contributed by atoms with E-state index in [-0.39, 0.29) is 12.6 Å². The molecule has 0 aliphatic rings. The van der Waals surface area contributed by atoms with E-state index in [2.05, 4.69) is 0 Å². The maximum atomic E-state index is 10.8. The Morgan fingerprint density at radius 2 is 1.88 bits per heavy atom. The van der Waals surface area contributed by atoms with E-state index in [1.54, 1.807) is 12.1 Å². The van der Waals surface area contributed by atoms with Crippen LogP contribution in [0.3, 0.4) is 0 Å². The monoisotopic (exact) mass is 238 g/mol. The molecule has 0 spiro atoms. The molecule has 1 aromatic carbocycles. The molecular weight excluding hydrogens is 224 g/mol. The molecule has 0 saturated carbocycles. The third-order valence-electron chi connectivity index (χ3n) is 2.19. The predicted octanol–water partition coefficient (Wildman–Crippen LogP) is 1.58. The third kappa shape index (κ3) is 3.21. The van der Waals surface area contributed by atoms with Gasteiger partial charge in [0.2, 0.25) is 0 Å². The van der Waals surface area contributed by atoms with Gasteiger partial charge in [0, 0.05) is 12.5 Å². The highest BCUT2D eigenvalue weighted by Crippen LogP contribution is 2.28. The average molecular weight is 238 g/mol. The fourth-order valence-corrected chi connectivity index (χ4v) is 1.37. The molecular formula is C12H14O5. The molecule has 0 aliphatic heterocycles. The highest BCUT2D eigenvalue weighted by molar-refractivity contribution is 5.80. The predicted molar refractivity (Wildman–Crippen MR) is 60.4 cm³/mol. The van der Waals surface area contributed by atoms with Crippen LogP contribution in [0.5, 0.6) is 11.5 Å². The van der Waals surface area contributed by atoms with Gasteiger partial charge in [-0.15, -0.1) is 0 Å². The van der Waals surface area contributed by atoms with Crippen molar-refractivity contribution >= 4 is 12.3 Å². The number of hydrogen-bond donors (Lipinski definition) is 0. The zero-order chi connectivity index (χ0) is 12.8. The Kier molecular flexibility index (Phi) is 4.51. The number of hydrogen-bond acceptors (Lipinski definition) is 5. The minimum atomic E-state index is -0.384. The molecule has 0 radical (unpaired) electrons. The molecule has 0 saturated heterocycles. The molecule has 0 aromatic heterocycles.